The lowest BCUT2D eigenvalue weighted by atomic mass is 9.87. The third-order valence-corrected chi connectivity index (χ3v) is 4.92. The Labute approximate surface area is 164 Å². The minimum atomic E-state index is -0.502. The molecule has 27 heavy (non-hydrogen) atoms. The van der Waals surface area contributed by atoms with Crippen molar-refractivity contribution in [2.45, 2.75) is 72.4 Å². The van der Waals surface area contributed by atoms with E-state index in [4.69, 9.17) is 4.74 Å². The van der Waals surface area contributed by atoms with Crippen LogP contribution in [0.25, 0.3) is 0 Å². The predicted octanol–water partition coefficient (Wildman–Crippen LogP) is 5.64. The van der Waals surface area contributed by atoms with Crippen LogP contribution >= 0.6 is 0 Å². The normalized spacial score (nSPS) is 13.7. The summed E-state index contributed by atoms with van der Waals surface area (Å²) in [5.74, 6) is 0.648. The number of ether oxygens (including phenoxy) is 1. The van der Waals surface area contributed by atoms with E-state index < -0.39 is 6.10 Å². The molecule has 0 aliphatic carbocycles. The van der Waals surface area contributed by atoms with E-state index in [-0.39, 0.29) is 17.4 Å². The van der Waals surface area contributed by atoms with Gasteiger partial charge in [-0.2, -0.15) is 0 Å². The highest BCUT2D eigenvalue weighted by atomic mass is 16.5. The van der Waals surface area contributed by atoms with Crippen LogP contribution in [-0.4, -0.2) is 12.0 Å². The zero-order chi connectivity index (χ0) is 20.2. The van der Waals surface area contributed by atoms with Crippen LogP contribution < -0.4 is 10.1 Å². The Morgan fingerprint density at radius 1 is 1.07 bits per heavy atom. The largest absolute Gasteiger partial charge is 0.481 e. The molecule has 3 heteroatoms. The highest BCUT2D eigenvalue weighted by Gasteiger charge is 2.22. The fraction of sp³-hybridized carbons (Fsp3) is 0.458. The Kier molecular flexibility index (Phi) is 6.69. The molecule has 0 aliphatic rings. The van der Waals surface area contributed by atoms with Crippen LogP contribution in [0.2, 0.25) is 0 Å². The molecule has 0 saturated heterocycles. The number of carbonyl (C=O) groups excluding carboxylic acids is 1. The highest BCUT2D eigenvalue weighted by Crippen LogP contribution is 2.25. The topological polar surface area (TPSA) is 38.3 Å². The Bertz CT molecular complexity index is 772. The molecule has 1 N–H and O–H groups in total. The Hall–Kier alpha value is -2.29. The molecule has 2 aromatic rings. The van der Waals surface area contributed by atoms with Gasteiger partial charge in [0, 0.05) is 0 Å². The molecular weight excluding hydrogens is 334 g/mol. The van der Waals surface area contributed by atoms with Gasteiger partial charge in [0.25, 0.3) is 5.91 Å². The van der Waals surface area contributed by atoms with Gasteiger partial charge in [-0.05, 0) is 61.4 Å². The summed E-state index contributed by atoms with van der Waals surface area (Å²) >= 11 is 0. The van der Waals surface area contributed by atoms with Crippen molar-refractivity contribution < 1.29 is 9.53 Å². The Morgan fingerprint density at radius 3 is 2.26 bits per heavy atom. The smallest absolute Gasteiger partial charge is 0.261 e. The van der Waals surface area contributed by atoms with Crippen LogP contribution in [0.5, 0.6) is 5.75 Å². The first-order valence-electron chi connectivity index (χ1n) is 9.76. The number of amides is 1. The maximum atomic E-state index is 12.7. The van der Waals surface area contributed by atoms with Crippen molar-refractivity contribution in [3.05, 3.63) is 64.7 Å². The zero-order valence-corrected chi connectivity index (χ0v) is 17.7. The van der Waals surface area contributed by atoms with Crippen LogP contribution in [0.1, 0.15) is 69.3 Å². The summed E-state index contributed by atoms with van der Waals surface area (Å²) in [6, 6.07) is 14.3. The van der Waals surface area contributed by atoms with E-state index in [1.54, 1.807) is 0 Å². The van der Waals surface area contributed by atoms with Gasteiger partial charge in [0.2, 0.25) is 0 Å². The van der Waals surface area contributed by atoms with Crippen molar-refractivity contribution in [2.75, 3.05) is 0 Å². The third-order valence-electron chi connectivity index (χ3n) is 4.92. The van der Waals surface area contributed by atoms with Crippen molar-refractivity contribution in [3.8, 4) is 5.75 Å². The zero-order valence-electron chi connectivity index (χ0n) is 17.7. The van der Waals surface area contributed by atoms with Gasteiger partial charge >= 0.3 is 0 Å². The highest BCUT2D eigenvalue weighted by molar-refractivity contribution is 5.81. The minimum absolute atomic E-state index is 0.0571. The maximum Gasteiger partial charge on any atom is 0.261 e. The van der Waals surface area contributed by atoms with Crippen molar-refractivity contribution in [1.82, 2.24) is 5.32 Å². The summed E-state index contributed by atoms with van der Waals surface area (Å²) in [4.78, 5) is 12.7. The summed E-state index contributed by atoms with van der Waals surface area (Å²) in [6.07, 6.45) is 0.116. The second-order valence-corrected chi connectivity index (χ2v) is 8.38. The van der Waals surface area contributed by atoms with E-state index in [0.717, 1.165) is 11.3 Å². The molecular formula is C24H33NO2. The number of rotatable bonds is 6. The van der Waals surface area contributed by atoms with E-state index in [0.29, 0.717) is 6.42 Å². The molecule has 0 saturated carbocycles. The van der Waals surface area contributed by atoms with E-state index in [2.05, 4.69) is 70.3 Å². The molecule has 146 valence electrons. The molecule has 0 aromatic heterocycles. The van der Waals surface area contributed by atoms with Gasteiger partial charge in [0.05, 0.1) is 6.04 Å². The van der Waals surface area contributed by atoms with E-state index in [1.807, 2.05) is 26.0 Å². The average molecular weight is 368 g/mol. The monoisotopic (exact) mass is 367 g/mol. The van der Waals surface area contributed by atoms with E-state index in [1.165, 1.54) is 16.7 Å². The number of benzene rings is 2. The molecule has 0 fully saturated rings. The fourth-order valence-electron chi connectivity index (χ4n) is 3.13. The van der Waals surface area contributed by atoms with Crippen LogP contribution in [0, 0.1) is 13.8 Å². The molecule has 1 amide bonds. The number of nitrogens with one attached hydrogen (secondary N) is 1. The van der Waals surface area contributed by atoms with E-state index >= 15 is 0 Å². The minimum Gasteiger partial charge on any atom is -0.481 e. The number of aryl methyl sites for hydroxylation is 2. The SMILES string of the molecule is CCC(Oc1ccc(C(C)(C)C)cc1)C(=O)NC(C)c1cc(C)ccc1C. The molecule has 3 nitrogen and oxygen atoms in total. The lowest BCUT2D eigenvalue weighted by Crippen LogP contribution is -2.39. The summed E-state index contributed by atoms with van der Waals surface area (Å²) in [6.45, 7) is 14.7. The van der Waals surface area contributed by atoms with Crippen LogP contribution in [0.15, 0.2) is 42.5 Å². The van der Waals surface area contributed by atoms with Gasteiger partial charge in [-0.1, -0.05) is 63.6 Å². The lowest BCUT2D eigenvalue weighted by molar-refractivity contribution is -0.128. The quantitative estimate of drug-likeness (QED) is 0.718. The fourth-order valence-corrected chi connectivity index (χ4v) is 3.13. The molecule has 0 heterocycles. The van der Waals surface area contributed by atoms with Gasteiger partial charge in [0.15, 0.2) is 6.10 Å². The second-order valence-electron chi connectivity index (χ2n) is 8.38. The molecule has 0 spiro atoms. The third kappa shape index (κ3) is 5.59. The van der Waals surface area contributed by atoms with E-state index in [9.17, 15) is 4.79 Å². The Balaban J connectivity index is 2.06. The molecule has 0 bridgehead atoms. The van der Waals surface area contributed by atoms with Gasteiger partial charge in [-0.15, -0.1) is 0 Å². The first-order valence-corrected chi connectivity index (χ1v) is 9.76. The van der Waals surface area contributed by atoms with Crippen molar-refractivity contribution >= 4 is 5.91 Å². The molecule has 2 rings (SSSR count). The second kappa shape index (κ2) is 8.60. The molecule has 0 aliphatic heterocycles. The number of hydrogen-bond acceptors (Lipinski definition) is 2. The van der Waals surface area contributed by atoms with Crippen molar-refractivity contribution in [2.24, 2.45) is 0 Å². The first kappa shape index (κ1) is 21.0. The van der Waals surface area contributed by atoms with Crippen molar-refractivity contribution in [1.29, 1.82) is 0 Å². The summed E-state index contributed by atoms with van der Waals surface area (Å²) < 4.78 is 5.97. The van der Waals surface area contributed by atoms with Crippen LogP contribution in [0.4, 0.5) is 0 Å². The predicted molar refractivity (Wildman–Crippen MR) is 112 cm³/mol. The molecule has 0 radical (unpaired) electrons. The van der Waals surface area contributed by atoms with Gasteiger partial charge in [0.1, 0.15) is 5.75 Å². The van der Waals surface area contributed by atoms with Crippen LogP contribution in [0.3, 0.4) is 0 Å². The van der Waals surface area contributed by atoms with Gasteiger partial charge in [-0.3, -0.25) is 4.79 Å². The van der Waals surface area contributed by atoms with Crippen LogP contribution in [-0.2, 0) is 10.2 Å². The Morgan fingerprint density at radius 2 is 1.70 bits per heavy atom. The number of hydrogen-bond donors (Lipinski definition) is 1. The molecule has 2 atom stereocenters. The summed E-state index contributed by atoms with van der Waals surface area (Å²) in [7, 11) is 0. The van der Waals surface area contributed by atoms with Gasteiger partial charge in [-0.25, -0.2) is 0 Å². The standard InChI is InChI=1S/C24H33NO2/c1-8-22(27-20-13-11-19(12-14-20)24(5,6)7)23(26)25-18(4)21-15-16(2)9-10-17(21)3/h9-15,18,22H,8H2,1-7H3,(H,25,26). The lowest BCUT2D eigenvalue weighted by Gasteiger charge is -2.23. The molecule has 2 unspecified atom stereocenters. The summed E-state index contributed by atoms with van der Waals surface area (Å²) in [5.41, 5.74) is 4.86. The average Bonchev–Trinajstić information content (AvgIpc) is 2.61. The first-order chi connectivity index (χ1) is 12.6. The summed E-state index contributed by atoms with van der Waals surface area (Å²) in [5, 5.41) is 3.11. The van der Waals surface area contributed by atoms with Gasteiger partial charge < -0.3 is 10.1 Å². The van der Waals surface area contributed by atoms with Crippen molar-refractivity contribution in [3.63, 3.8) is 0 Å². The maximum absolute atomic E-state index is 12.7. The number of carbonyl (C=O) groups is 1. The molecule has 2 aromatic carbocycles.